The standard InChI is InChI=1S/C18H21N3O/c1-2-13-21(15-17-7-4-3-5-8-17)18(22)20-12-10-16-9-6-11-19-14-16/h2-9,11,14H,1,10,12-13,15H2,(H,20,22). The summed E-state index contributed by atoms with van der Waals surface area (Å²) in [6, 6.07) is 13.8. The summed E-state index contributed by atoms with van der Waals surface area (Å²) in [6.45, 7) is 5.41. The summed E-state index contributed by atoms with van der Waals surface area (Å²) in [7, 11) is 0. The molecule has 0 atom stereocenters. The number of benzene rings is 1. The van der Waals surface area contributed by atoms with E-state index in [4.69, 9.17) is 0 Å². The minimum atomic E-state index is -0.0763. The highest BCUT2D eigenvalue weighted by molar-refractivity contribution is 5.74. The van der Waals surface area contributed by atoms with E-state index in [2.05, 4.69) is 16.9 Å². The summed E-state index contributed by atoms with van der Waals surface area (Å²) in [5, 5.41) is 2.95. The first kappa shape index (κ1) is 15.8. The van der Waals surface area contributed by atoms with Crippen LogP contribution in [0, 0.1) is 0 Å². The monoisotopic (exact) mass is 295 g/mol. The number of pyridine rings is 1. The molecule has 4 nitrogen and oxygen atoms in total. The van der Waals surface area contributed by atoms with Crippen LogP contribution in [0.1, 0.15) is 11.1 Å². The molecule has 0 unspecified atom stereocenters. The lowest BCUT2D eigenvalue weighted by Crippen LogP contribution is -2.40. The van der Waals surface area contributed by atoms with E-state index in [9.17, 15) is 4.79 Å². The van der Waals surface area contributed by atoms with Crippen LogP contribution in [0.2, 0.25) is 0 Å². The molecule has 1 heterocycles. The fraction of sp³-hybridized carbons (Fsp3) is 0.222. The zero-order chi connectivity index (χ0) is 15.6. The van der Waals surface area contributed by atoms with Gasteiger partial charge in [-0.15, -0.1) is 6.58 Å². The second kappa shape index (κ2) is 8.62. The van der Waals surface area contributed by atoms with Gasteiger partial charge in [0.25, 0.3) is 0 Å². The number of hydrogen-bond donors (Lipinski definition) is 1. The quantitative estimate of drug-likeness (QED) is 0.798. The zero-order valence-electron chi connectivity index (χ0n) is 12.6. The first-order chi connectivity index (χ1) is 10.8. The molecule has 0 saturated carbocycles. The Bertz CT molecular complexity index is 584. The van der Waals surface area contributed by atoms with Crippen LogP contribution < -0.4 is 5.32 Å². The molecule has 1 aromatic carbocycles. The molecule has 0 saturated heterocycles. The number of carbonyl (C=O) groups is 1. The van der Waals surface area contributed by atoms with Crippen LogP contribution in [0.4, 0.5) is 4.79 Å². The molecule has 4 heteroatoms. The second-order valence-corrected chi connectivity index (χ2v) is 5.00. The Kier molecular flexibility index (Phi) is 6.18. The van der Waals surface area contributed by atoms with Gasteiger partial charge in [-0.05, 0) is 23.6 Å². The van der Waals surface area contributed by atoms with Crippen LogP contribution in [0.5, 0.6) is 0 Å². The molecule has 0 aliphatic rings. The molecule has 0 aliphatic heterocycles. The summed E-state index contributed by atoms with van der Waals surface area (Å²) < 4.78 is 0. The minimum absolute atomic E-state index is 0.0763. The van der Waals surface area contributed by atoms with Crippen molar-refractivity contribution in [1.29, 1.82) is 0 Å². The lowest BCUT2D eigenvalue weighted by atomic mass is 10.2. The van der Waals surface area contributed by atoms with Crippen LogP contribution in [0.25, 0.3) is 0 Å². The third-order valence-corrected chi connectivity index (χ3v) is 3.27. The molecule has 0 spiro atoms. The topological polar surface area (TPSA) is 45.2 Å². The molecule has 1 aromatic heterocycles. The molecular weight excluding hydrogens is 274 g/mol. The van der Waals surface area contributed by atoms with Crippen molar-refractivity contribution in [3.63, 3.8) is 0 Å². The Labute approximate surface area is 131 Å². The predicted molar refractivity (Wildman–Crippen MR) is 88.4 cm³/mol. The van der Waals surface area contributed by atoms with Crippen molar-refractivity contribution in [3.8, 4) is 0 Å². The van der Waals surface area contributed by atoms with E-state index in [1.807, 2.05) is 48.7 Å². The first-order valence-corrected chi connectivity index (χ1v) is 7.36. The molecule has 0 fully saturated rings. The van der Waals surface area contributed by atoms with E-state index in [0.717, 1.165) is 17.5 Å². The molecule has 114 valence electrons. The number of nitrogens with zero attached hydrogens (tertiary/aromatic N) is 2. The summed E-state index contributed by atoms with van der Waals surface area (Å²) in [4.78, 5) is 18.1. The SMILES string of the molecule is C=CCN(Cc1ccccc1)C(=O)NCCc1cccnc1. The number of hydrogen-bond acceptors (Lipinski definition) is 2. The van der Waals surface area contributed by atoms with Gasteiger partial charge in [0.2, 0.25) is 0 Å². The summed E-state index contributed by atoms with van der Waals surface area (Å²) in [5.41, 5.74) is 2.22. The molecule has 22 heavy (non-hydrogen) atoms. The van der Waals surface area contributed by atoms with Gasteiger partial charge in [0.1, 0.15) is 0 Å². The minimum Gasteiger partial charge on any atom is -0.338 e. The van der Waals surface area contributed by atoms with Gasteiger partial charge in [0, 0.05) is 32.0 Å². The number of aromatic nitrogens is 1. The van der Waals surface area contributed by atoms with Crippen molar-refractivity contribution >= 4 is 6.03 Å². The maximum absolute atomic E-state index is 12.3. The molecule has 2 amide bonds. The van der Waals surface area contributed by atoms with E-state index >= 15 is 0 Å². The Hall–Kier alpha value is -2.62. The zero-order valence-corrected chi connectivity index (χ0v) is 12.6. The Morgan fingerprint density at radius 1 is 1.18 bits per heavy atom. The van der Waals surface area contributed by atoms with Gasteiger partial charge in [0.05, 0.1) is 0 Å². The van der Waals surface area contributed by atoms with Gasteiger partial charge in [-0.3, -0.25) is 4.98 Å². The Morgan fingerprint density at radius 2 is 1.95 bits per heavy atom. The van der Waals surface area contributed by atoms with Gasteiger partial charge < -0.3 is 10.2 Å². The fourth-order valence-corrected chi connectivity index (χ4v) is 2.15. The molecule has 1 N–H and O–H groups in total. The molecular formula is C18H21N3O. The van der Waals surface area contributed by atoms with E-state index < -0.39 is 0 Å². The molecule has 0 radical (unpaired) electrons. The number of nitrogens with one attached hydrogen (secondary N) is 1. The largest absolute Gasteiger partial charge is 0.338 e. The van der Waals surface area contributed by atoms with Gasteiger partial charge in [0.15, 0.2) is 0 Å². The third kappa shape index (κ3) is 5.05. The van der Waals surface area contributed by atoms with Crippen molar-refractivity contribution in [3.05, 3.63) is 78.6 Å². The molecule has 0 aliphatic carbocycles. The van der Waals surface area contributed by atoms with Gasteiger partial charge in [-0.1, -0.05) is 42.5 Å². The average Bonchev–Trinajstić information content (AvgIpc) is 2.56. The van der Waals surface area contributed by atoms with E-state index in [1.165, 1.54) is 0 Å². The van der Waals surface area contributed by atoms with Gasteiger partial charge in [-0.25, -0.2) is 4.79 Å². The highest BCUT2D eigenvalue weighted by Gasteiger charge is 2.11. The summed E-state index contributed by atoms with van der Waals surface area (Å²) in [5.74, 6) is 0. The van der Waals surface area contributed by atoms with E-state index in [0.29, 0.717) is 19.6 Å². The smallest absolute Gasteiger partial charge is 0.317 e. The molecule has 2 rings (SSSR count). The van der Waals surface area contributed by atoms with Crippen molar-refractivity contribution in [2.45, 2.75) is 13.0 Å². The normalized spacial score (nSPS) is 10.0. The average molecular weight is 295 g/mol. The number of carbonyl (C=O) groups excluding carboxylic acids is 1. The maximum atomic E-state index is 12.3. The van der Waals surface area contributed by atoms with Crippen LogP contribution in [0.3, 0.4) is 0 Å². The van der Waals surface area contributed by atoms with Gasteiger partial charge >= 0.3 is 6.03 Å². The van der Waals surface area contributed by atoms with E-state index in [-0.39, 0.29) is 6.03 Å². The lowest BCUT2D eigenvalue weighted by molar-refractivity contribution is 0.201. The van der Waals surface area contributed by atoms with Crippen molar-refractivity contribution < 1.29 is 4.79 Å². The summed E-state index contributed by atoms with van der Waals surface area (Å²) >= 11 is 0. The van der Waals surface area contributed by atoms with E-state index in [1.54, 1.807) is 17.2 Å². The molecule has 0 bridgehead atoms. The van der Waals surface area contributed by atoms with Crippen LogP contribution in [0.15, 0.2) is 67.5 Å². The van der Waals surface area contributed by atoms with Crippen molar-refractivity contribution in [2.24, 2.45) is 0 Å². The van der Waals surface area contributed by atoms with Crippen LogP contribution >= 0.6 is 0 Å². The third-order valence-electron chi connectivity index (χ3n) is 3.27. The predicted octanol–water partition coefficient (Wildman–Crippen LogP) is 3.02. The lowest BCUT2D eigenvalue weighted by Gasteiger charge is -2.21. The summed E-state index contributed by atoms with van der Waals surface area (Å²) in [6.07, 6.45) is 6.07. The second-order valence-electron chi connectivity index (χ2n) is 5.00. The highest BCUT2D eigenvalue weighted by Crippen LogP contribution is 2.05. The maximum Gasteiger partial charge on any atom is 0.317 e. The first-order valence-electron chi connectivity index (χ1n) is 7.36. The number of urea groups is 1. The number of amides is 2. The van der Waals surface area contributed by atoms with Crippen molar-refractivity contribution in [2.75, 3.05) is 13.1 Å². The van der Waals surface area contributed by atoms with Gasteiger partial charge in [-0.2, -0.15) is 0 Å². The Balaban J connectivity index is 1.85. The Morgan fingerprint density at radius 3 is 2.64 bits per heavy atom. The molecule has 2 aromatic rings. The fourth-order valence-electron chi connectivity index (χ4n) is 2.15. The number of rotatable bonds is 7. The van der Waals surface area contributed by atoms with Crippen LogP contribution in [-0.2, 0) is 13.0 Å². The van der Waals surface area contributed by atoms with Crippen molar-refractivity contribution in [1.82, 2.24) is 15.2 Å². The van der Waals surface area contributed by atoms with Crippen LogP contribution in [-0.4, -0.2) is 29.0 Å². The highest BCUT2D eigenvalue weighted by atomic mass is 16.2.